The Morgan fingerprint density at radius 3 is 1.56 bits per heavy atom. The van der Waals surface area contributed by atoms with Crippen molar-refractivity contribution in [2.75, 3.05) is 0 Å². The van der Waals surface area contributed by atoms with E-state index in [-0.39, 0.29) is 5.41 Å². The van der Waals surface area contributed by atoms with Crippen LogP contribution in [0.4, 0.5) is 0 Å². The lowest BCUT2D eigenvalue weighted by molar-refractivity contribution is 0.660. The standard InChI is InChI=1S/C60H41N3/c1-60(2)54-25-11-10-24-50(54)53-36-44(31-33-55(53)60)43-19-13-21-47(35-43)59-62-57(61-58(63-59)46-20-12-18-42(34-46)38-14-4-3-5-15-38)41-28-26-40(27-29-41)56-49-23-9-7-17-45(49)37-52-48-22-8-6-16-39(48)30-32-51(52)56/h3-37H,1-2H3. The molecule has 63 heavy (non-hydrogen) atoms. The molecule has 0 fully saturated rings. The van der Waals surface area contributed by atoms with Crippen LogP contribution in [0.15, 0.2) is 212 Å². The lowest BCUT2D eigenvalue weighted by Gasteiger charge is -2.21. The Hall–Kier alpha value is -8.01. The van der Waals surface area contributed by atoms with Gasteiger partial charge in [-0.1, -0.05) is 202 Å². The van der Waals surface area contributed by atoms with E-state index in [1.165, 1.54) is 60.1 Å². The monoisotopic (exact) mass is 803 g/mol. The number of benzene rings is 10. The Morgan fingerprint density at radius 1 is 0.286 bits per heavy atom. The van der Waals surface area contributed by atoms with E-state index in [0.29, 0.717) is 17.5 Å². The highest BCUT2D eigenvalue weighted by molar-refractivity contribution is 6.20. The minimum absolute atomic E-state index is 0.0441. The van der Waals surface area contributed by atoms with Crippen LogP contribution in [0, 0.1) is 0 Å². The maximum Gasteiger partial charge on any atom is 0.164 e. The molecule has 0 spiro atoms. The van der Waals surface area contributed by atoms with Crippen LogP contribution in [-0.4, -0.2) is 15.0 Å². The maximum absolute atomic E-state index is 5.24. The second kappa shape index (κ2) is 14.6. The molecular weight excluding hydrogens is 763 g/mol. The van der Waals surface area contributed by atoms with Crippen LogP contribution in [0.2, 0.25) is 0 Å². The highest BCUT2D eigenvalue weighted by Gasteiger charge is 2.35. The topological polar surface area (TPSA) is 38.7 Å². The summed E-state index contributed by atoms with van der Waals surface area (Å²) in [5.74, 6) is 1.89. The molecular formula is C60H41N3. The summed E-state index contributed by atoms with van der Waals surface area (Å²) in [5, 5.41) is 7.44. The van der Waals surface area contributed by atoms with Gasteiger partial charge in [0, 0.05) is 22.1 Å². The van der Waals surface area contributed by atoms with E-state index in [2.05, 4.69) is 220 Å². The third-order valence-corrected chi connectivity index (χ3v) is 13.1. The average Bonchev–Trinajstić information content (AvgIpc) is 3.58. The number of hydrogen-bond acceptors (Lipinski definition) is 3. The maximum atomic E-state index is 5.24. The minimum Gasteiger partial charge on any atom is -0.208 e. The van der Waals surface area contributed by atoms with Gasteiger partial charge in [0.05, 0.1) is 0 Å². The molecule has 3 nitrogen and oxygen atoms in total. The van der Waals surface area contributed by atoms with E-state index >= 15 is 0 Å². The fourth-order valence-electron chi connectivity index (χ4n) is 9.89. The van der Waals surface area contributed by atoms with Gasteiger partial charge < -0.3 is 0 Å². The summed E-state index contributed by atoms with van der Waals surface area (Å²) >= 11 is 0. The molecule has 0 atom stereocenters. The Kier molecular flexibility index (Phi) is 8.52. The van der Waals surface area contributed by atoms with Crippen molar-refractivity contribution >= 4 is 32.3 Å². The van der Waals surface area contributed by atoms with Crippen molar-refractivity contribution in [1.29, 1.82) is 0 Å². The second-order valence-electron chi connectivity index (χ2n) is 17.2. The number of hydrogen-bond donors (Lipinski definition) is 0. The van der Waals surface area contributed by atoms with Gasteiger partial charge in [-0.15, -0.1) is 0 Å². The molecule has 10 aromatic carbocycles. The molecule has 1 aliphatic carbocycles. The summed E-state index contributed by atoms with van der Waals surface area (Å²) in [6.45, 7) is 4.65. The Balaban J connectivity index is 0.988. The second-order valence-corrected chi connectivity index (χ2v) is 17.2. The fourth-order valence-corrected chi connectivity index (χ4v) is 9.89. The van der Waals surface area contributed by atoms with Crippen LogP contribution in [0.25, 0.3) is 111 Å². The van der Waals surface area contributed by atoms with Gasteiger partial charge in [0.15, 0.2) is 17.5 Å². The van der Waals surface area contributed by atoms with Gasteiger partial charge in [0.1, 0.15) is 0 Å². The molecule has 0 saturated carbocycles. The van der Waals surface area contributed by atoms with Gasteiger partial charge in [-0.2, -0.15) is 0 Å². The lowest BCUT2D eigenvalue weighted by atomic mass is 9.82. The SMILES string of the molecule is CC1(C)c2ccccc2-c2cc(-c3cccc(-c4nc(-c5ccc(-c6c7ccccc7cc7c6ccc6ccccc67)cc5)nc(-c5cccc(-c6ccccc6)c5)n4)c3)ccc21. The molecule has 0 aliphatic heterocycles. The quantitative estimate of drug-likeness (QED) is 0.124. The summed E-state index contributed by atoms with van der Waals surface area (Å²) < 4.78 is 0. The minimum atomic E-state index is -0.0441. The van der Waals surface area contributed by atoms with Crippen molar-refractivity contribution in [2.24, 2.45) is 0 Å². The first-order valence-electron chi connectivity index (χ1n) is 21.7. The van der Waals surface area contributed by atoms with E-state index in [1.54, 1.807) is 0 Å². The lowest BCUT2D eigenvalue weighted by Crippen LogP contribution is -2.14. The predicted octanol–water partition coefficient (Wildman–Crippen LogP) is 15.6. The molecule has 0 amide bonds. The van der Waals surface area contributed by atoms with Crippen molar-refractivity contribution in [2.45, 2.75) is 19.3 Å². The number of nitrogens with zero attached hydrogens (tertiary/aromatic N) is 3. The molecule has 1 aromatic heterocycles. The van der Waals surface area contributed by atoms with Crippen molar-refractivity contribution in [1.82, 2.24) is 15.0 Å². The zero-order chi connectivity index (χ0) is 42.1. The molecule has 296 valence electrons. The molecule has 12 rings (SSSR count). The first-order valence-corrected chi connectivity index (χ1v) is 21.7. The molecule has 0 bridgehead atoms. The van der Waals surface area contributed by atoms with Gasteiger partial charge in [0.25, 0.3) is 0 Å². The van der Waals surface area contributed by atoms with Crippen LogP contribution in [0.5, 0.6) is 0 Å². The fraction of sp³-hybridized carbons (Fsp3) is 0.0500. The van der Waals surface area contributed by atoms with Crippen molar-refractivity contribution < 1.29 is 0 Å². The Morgan fingerprint density at radius 2 is 0.810 bits per heavy atom. The van der Waals surface area contributed by atoms with Crippen LogP contribution >= 0.6 is 0 Å². The Labute approximate surface area is 367 Å². The molecule has 1 heterocycles. The van der Waals surface area contributed by atoms with Crippen molar-refractivity contribution in [3.05, 3.63) is 223 Å². The molecule has 0 unspecified atom stereocenters. The third kappa shape index (κ3) is 6.23. The smallest absolute Gasteiger partial charge is 0.164 e. The number of fused-ring (bicyclic) bond motifs is 7. The van der Waals surface area contributed by atoms with E-state index < -0.39 is 0 Å². The first kappa shape index (κ1) is 36.8. The molecule has 0 radical (unpaired) electrons. The van der Waals surface area contributed by atoms with Gasteiger partial charge >= 0.3 is 0 Å². The normalized spacial score (nSPS) is 12.7. The summed E-state index contributed by atoms with van der Waals surface area (Å²) in [4.78, 5) is 15.7. The zero-order valence-corrected chi connectivity index (χ0v) is 35.0. The molecule has 0 saturated heterocycles. The van der Waals surface area contributed by atoms with E-state index in [1.807, 2.05) is 6.07 Å². The van der Waals surface area contributed by atoms with E-state index in [0.717, 1.165) is 44.5 Å². The highest BCUT2D eigenvalue weighted by Crippen LogP contribution is 2.49. The summed E-state index contributed by atoms with van der Waals surface area (Å²) in [5.41, 5.74) is 15.0. The van der Waals surface area contributed by atoms with E-state index in [4.69, 9.17) is 15.0 Å². The average molecular weight is 804 g/mol. The van der Waals surface area contributed by atoms with Crippen LogP contribution in [0.3, 0.4) is 0 Å². The van der Waals surface area contributed by atoms with Gasteiger partial charge in [-0.05, 0) is 112 Å². The van der Waals surface area contributed by atoms with Crippen LogP contribution < -0.4 is 0 Å². The molecule has 3 heteroatoms. The van der Waals surface area contributed by atoms with Crippen LogP contribution in [-0.2, 0) is 5.41 Å². The molecule has 0 N–H and O–H groups in total. The van der Waals surface area contributed by atoms with Crippen molar-refractivity contribution in [3.63, 3.8) is 0 Å². The first-order chi connectivity index (χ1) is 31.0. The predicted molar refractivity (Wildman–Crippen MR) is 263 cm³/mol. The largest absolute Gasteiger partial charge is 0.208 e. The number of rotatable bonds is 6. The van der Waals surface area contributed by atoms with E-state index in [9.17, 15) is 0 Å². The summed E-state index contributed by atoms with van der Waals surface area (Å²) in [7, 11) is 0. The van der Waals surface area contributed by atoms with Crippen molar-refractivity contribution in [3.8, 4) is 78.7 Å². The summed E-state index contributed by atoms with van der Waals surface area (Å²) in [6.07, 6.45) is 0. The number of aromatic nitrogens is 3. The zero-order valence-electron chi connectivity index (χ0n) is 35.0. The van der Waals surface area contributed by atoms with Crippen LogP contribution in [0.1, 0.15) is 25.0 Å². The Bertz CT molecular complexity index is 3590. The van der Waals surface area contributed by atoms with Gasteiger partial charge in [0.2, 0.25) is 0 Å². The van der Waals surface area contributed by atoms with Gasteiger partial charge in [-0.25, -0.2) is 15.0 Å². The highest BCUT2D eigenvalue weighted by atomic mass is 15.0. The molecule has 1 aliphatic rings. The molecule has 11 aromatic rings. The third-order valence-electron chi connectivity index (χ3n) is 13.1. The summed E-state index contributed by atoms with van der Waals surface area (Å²) in [6, 6.07) is 76.3. The van der Waals surface area contributed by atoms with Gasteiger partial charge in [-0.3, -0.25) is 0 Å².